The van der Waals surface area contributed by atoms with Crippen LogP contribution in [0.3, 0.4) is 0 Å². The van der Waals surface area contributed by atoms with Crippen LogP contribution in [0, 0.1) is 0 Å². The number of fused-ring (bicyclic) bond motifs is 2. The topological polar surface area (TPSA) is 120 Å². The number of hydrogen-bond acceptors (Lipinski definition) is 5. The van der Waals surface area contributed by atoms with Crippen molar-refractivity contribution in [2.75, 3.05) is 18.4 Å². The first kappa shape index (κ1) is 22.0. The van der Waals surface area contributed by atoms with E-state index >= 15 is 0 Å². The largest absolute Gasteiger partial charge is 0.353 e. The number of nitrogens with zero attached hydrogens (tertiary/aromatic N) is 4. The lowest BCUT2D eigenvalue weighted by Crippen LogP contribution is -2.27. The van der Waals surface area contributed by atoms with Gasteiger partial charge in [0.25, 0.3) is 5.91 Å². The molecule has 5 aromatic rings. The monoisotopic (exact) mass is 479 g/mol. The molecule has 0 unspecified atom stereocenters. The molecule has 5 heterocycles. The van der Waals surface area contributed by atoms with Crippen LogP contribution in [0.2, 0.25) is 0 Å². The number of rotatable bonds is 5. The second-order valence-corrected chi connectivity index (χ2v) is 8.98. The quantitative estimate of drug-likeness (QED) is 0.336. The van der Waals surface area contributed by atoms with Crippen LogP contribution in [0.1, 0.15) is 36.5 Å². The standard InChI is InChI=1S/C27H25N7O2/c1-2-24(35)31-23-9-8-16(14-28-23)17-12-20-25(32-33-26(20)29-15-17)22-13-19-18(6-5-7-21(19)30-22)27(36)34-10-3-4-11-34/h5-9,12-15,30H,2-4,10-11H2,1H3,(H,28,31,35)(H,29,32,33). The zero-order valence-electron chi connectivity index (χ0n) is 19.8. The number of likely N-dealkylation sites (tertiary alicyclic amines) is 1. The number of pyridine rings is 2. The van der Waals surface area contributed by atoms with Crippen molar-refractivity contribution in [3.05, 3.63) is 60.4 Å². The average Bonchev–Trinajstić information content (AvgIpc) is 3.67. The van der Waals surface area contributed by atoms with Crippen molar-refractivity contribution >= 4 is 39.6 Å². The minimum absolute atomic E-state index is 0.0770. The van der Waals surface area contributed by atoms with Gasteiger partial charge in [-0.05, 0) is 49.2 Å². The molecular weight excluding hydrogens is 454 g/mol. The van der Waals surface area contributed by atoms with Crippen molar-refractivity contribution in [2.24, 2.45) is 0 Å². The lowest BCUT2D eigenvalue weighted by Gasteiger charge is -2.15. The van der Waals surface area contributed by atoms with E-state index in [2.05, 4.69) is 30.5 Å². The predicted molar refractivity (Wildman–Crippen MR) is 138 cm³/mol. The Hall–Kier alpha value is -4.53. The summed E-state index contributed by atoms with van der Waals surface area (Å²) in [5, 5.41) is 12.0. The highest BCUT2D eigenvalue weighted by Gasteiger charge is 2.22. The van der Waals surface area contributed by atoms with Gasteiger partial charge in [-0.3, -0.25) is 14.7 Å². The van der Waals surface area contributed by atoms with Crippen LogP contribution in [-0.2, 0) is 4.79 Å². The second-order valence-electron chi connectivity index (χ2n) is 8.98. The molecule has 6 rings (SSSR count). The van der Waals surface area contributed by atoms with Gasteiger partial charge in [-0.25, -0.2) is 9.97 Å². The summed E-state index contributed by atoms with van der Waals surface area (Å²) >= 11 is 0. The third-order valence-electron chi connectivity index (χ3n) is 6.65. The molecule has 0 saturated carbocycles. The molecular formula is C27H25N7O2. The van der Waals surface area contributed by atoms with Crippen molar-refractivity contribution in [3.8, 4) is 22.5 Å². The van der Waals surface area contributed by atoms with E-state index in [-0.39, 0.29) is 11.8 Å². The molecule has 36 heavy (non-hydrogen) atoms. The third kappa shape index (κ3) is 3.88. The number of aromatic nitrogens is 5. The molecule has 4 aromatic heterocycles. The van der Waals surface area contributed by atoms with Crippen LogP contribution in [0.5, 0.6) is 0 Å². The maximum atomic E-state index is 13.1. The Morgan fingerprint density at radius 1 is 1.00 bits per heavy atom. The number of carbonyl (C=O) groups is 2. The number of aromatic amines is 2. The predicted octanol–water partition coefficient (Wildman–Crippen LogP) is 4.75. The van der Waals surface area contributed by atoms with Gasteiger partial charge in [0, 0.05) is 64.9 Å². The molecule has 0 aliphatic carbocycles. The number of H-pyrrole nitrogens is 2. The molecule has 0 atom stereocenters. The Morgan fingerprint density at radius 2 is 1.83 bits per heavy atom. The SMILES string of the molecule is CCC(=O)Nc1ccc(-c2cnc3n[nH]c(-c4cc5c(C(=O)N6CCCC6)cccc5[nH]4)c3c2)cn1. The van der Waals surface area contributed by atoms with E-state index in [9.17, 15) is 9.59 Å². The average molecular weight is 480 g/mol. The Labute approximate surface area is 207 Å². The minimum atomic E-state index is -0.0787. The normalized spacial score (nSPS) is 13.5. The van der Waals surface area contributed by atoms with Crippen molar-refractivity contribution < 1.29 is 9.59 Å². The summed E-state index contributed by atoms with van der Waals surface area (Å²) in [5.74, 6) is 0.513. The van der Waals surface area contributed by atoms with Crippen LogP contribution in [0.4, 0.5) is 5.82 Å². The Morgan fingerprint density at radius 3 is 2.61 bits per heavy atom. The molecule has 3 N–H and O–H groups in total. The number of carbonyl (C=O) groups excluding carboxylic acids is 2. The fourth-order valence-corrected chi connectivity index (χ4v) is 4.70. The van der Waals surface area contributed by atoms with E-state index in [0.29, 0.717) is 23.4 Å². The van der Waals surface area contributed by atoms with E-state index in [1.54, 1.807) is 25.4 Å². The summed E-state index contributed by atoms with van der Waals surface area (Å²) in [6.07, 6.45) is 5.98. The van der Waals surface area contributed by atoms with Crippen molar-refractivity contribution in [2.45, 2.75) is 26.2 Å². The molecule has 1 aromatic carbocycles. The zero-order valence-corrected chi connectivity index (χ0v) is 19.8. The molecule has 0 radical (unpaired) electrons. The molecule has 180 valence electrons. The Balaban J connectivity index is 1.36. The van der Waals surface area contributed by atoms with Crippen LogP contribution in [0.15, 0.2) is 54.9 Å². The smallest absolute Gasteiger partial charge is 0.254 e. The molecule has 1 saturated heterocycles. The Bertz CT molecular complexity index is 1590. The van der Waals surface area contributed by atoms with E-state index in [1.165, 1.54) is 0 Å². The van der Waals surface area contributed by atoms with Gasteiger partial charge in [-0.15, -0.1) is 0 Å². The summed E-state index contributed by atoms with van der Waals surface area (Å²) in [7, 11) is 0. The fraction of sp³-hybridized carbons (Fsp3) is 0.222. The van der Waals surface area contributed by atoms with Gasteiger partial charge < -0.3 is 15.2 Å². The zero-order chi connectivity index (χ0) is 24.6. The van der Waals surface area contributed by atoms with Gasteiger partial charge in [0.15, 0.2) is 5.65 Å². The highest BCUT2D eigenvalue weighted by Crippen LogP contribution is 2.32. The number of nitrogens with one attached hydrogen (secondary N) is 3. The lowest BCUT2D eigenvalue weighted by molar-refractivity contribution is -0.115. The maximum absolute atomic E-state index is 13.1. The van der Waals surface area contributed by atoms with Crippen molar-refractivity contribution in [1.29, 1.82) is 0 Å². The van der Waals surface area contributed by atoms with Crippen LogP contribution in [0.25, 0.3) is 44.5 Å². The van der Waals surface area contributed by atoms with Crippen LogP contribution < -0.4 is 5.32 Å². The van der Waals surface area contributed by atoms with Crippen LogP contribution in [-0.4, -0.2) is 55.0 Å². The molecule has 9 heteroatoms. The summed E-state index contributed by atoms with van der Waals surface area (Å²) in [6.45, 7) is 3.42. The van der Waals surface area contributed by atoms with Crippen molar-refractivity contribution in [3.63, 3.8) is 0 Å². The summed E-state index contributed by atoms with van der Waals surface area (Å²) < 4.78 is 0. The van der Waals surface area contributed by atoms with E-state index < -0.39 is 0 Å². The lowest BCUT2D eigenvalue weighted by atomic mass is 10.1. The van der Waals surface area contributed by atoms with E-state index in [0.717, 1.165) is 64.7 Å². The number of amides is 2. The molecule has 0 spiro atoms. The third-order valence-corrected chi connectivity index (χ3v) is 6.65. The molecule has 1 aliphatic heterocycles. The van der Waals surface area contributed by atoms with E-state index in [1.807, 2.05) is 41.3 Å². The maximum Gasteiger partial charge on any atom is 0.254 e. The fourth-order valence-electron chi connectivity index (χ4n) is 4.70. The summed E-state index contributed by atoms with van der Waals surface area (Å²) in [5.41, 5.74) is 5.60. The molecule has 1 aliphatic rings. The second kappa shape index (κ2) is 8.92. The minimum Gasteiger partial charge on any atom is -0.353 e. The molecule has 1 fully saturated rings. The first-order chi connectivity index (χ1) is 17.6. The molecule has 2 amide bonds. The summed E-state index contributed by atoms with van der Waals surface area (Å²) in [4.78, 5) is 39.0. The Kier molecular flexibility index (Phi) is 5.44. The van der Waals surface area contributed by atoms with Crippen LogP contribution >= 0.6 is 0 Å². The number of benzene rings is 1. The van der Waals surface area contributed by atoms with Gasteiger partial charge >= 0.3 is 0 Å². The number of hydrogen-bond donors (Lipinski definition) is 3. The highest BCUT2D eigenvalue weighted by molar-refractivity contribution is 6.08. The first-order valence-corrected chi connectivity index (χ1v) is 12.1. The summed E-state index contributed by atoms with van der Waals surface area (Å²) in [6, 6.07) is 13.5. The van der Waals surface area contributed by atoms with E-state index in [4.69, 9.17) is 0 Å². The van der Waals surface area contributed by atoms with Gasteiger partial charge in [0.2, 0.25) is 5.91 Å². The van der Waals surface area contributed by atoms with Gasteiger partial charge in [0.05, 0.1) is 11.4 Å². The highest BCUT2D eigenvalue weighted by atomic mass is 16.2. The molecule has 9 nitrogen and oxygen atoms in total. The number of anilines is 1. The van der Waals surface area contributed by atoms with Gasteiger partial charge in [-0.1, -0.05) is 13.0 Å². The van der Waals surface area contributed by atoms with Gasteiger partial charge in [-0.2, -0.15) is 5.10 Å². The van der Waals surface area contributed by atoms with Gasteiger partial charge in [0.1, 0.15) is 5.82 Å². The van der Waals surface area contributed by atoms with Crippen molar-refractivity contribution in [1.82, 2.24) is 30.0 Å². The molecule has 0 bridgehead atoms. The first-order valence-electron chi connectivity index (χ1n) is 12.1.